The Kier molecular flexibility index (Phi) is 5.17. The molecule has 2 unspecified atom stereocenters. The minimum Gasteiger partial charge on any atom is -0.379 e. The number of hydrogen-bond acceptors (Lipinski definition) is 4. The predicted octanol–water partition coefficient (Wildman–Crippen LogP) is 2.70. The van der Waals surface area contributed by atoms with Crippen molar-refractivity contribution < 1.29 is 17.5 Å². The third kappa shape index (κ3) is 4.05. The molecule has 0 radical (unpaired) electrons. The Bertz CT molecular complexity index is 838. The SMILES string of the molecule is CC(C)S(=O)(=O)NC1COCC1c1ccc(-c2cncc(F)c2)cc1. The van der Waals surface area contributed by atoms with E-state index in [1.54, 1.807) is 20.0 Å². The highest BCUT2D eigenvalue weighted by Crippen LogP contribution is 2.29. The number of aromatic nitrogens is 1. The molecule has 134 valence electrons. The molecule has 0 amide bonds. The minimum atomic E-state index is -3.36. The van der Waals surface area contributed by atoms with Gasteiger partial charge in [0.1, 0.15) is 5.82 Å². The van der Waals surface area contributed by atoms with Crippen molar-refractivity contribution in [2.24, 2.45) is 0 Å². The van der Waals surface area contributed by atoms with Gasteiger partial charge in [-0.05, 0) is 31.0 Å². The average molecular weight is 364 g/mol. The smallest absolute Gasteiger partial charge is 0.214 e. The summed E-state index contributed by atoms with van der Waals surface area (Å²) in [6, 6.07) is 8.78. The summed E-state index contributed by atoms with van der Waals surface area (Å²) in [6.07, 6.45) is 2.77. The van der Waals surface area contributed by atoms with Gasteiger partial charge >= 0.3 is 0 Å². The van der Waals surface area contributed by atoms with E-state index in [9.17, 15) is 12.8 Å². The van der Waals surface area contributed by atoms with Crippen LogP contribution in [-0.4, -0.2) is 37.9 Å². The third-order valence-corrected chi connectivity index (χ3v) is 6.27. The zero-order valence-electron chi connectivity index (χ0n) is 14.1. The van der Waals surface area contributed by atoms with Gasteiger partial charge in [-0.25, -0.2) is 17.5 Å². The van der Waals surface area contributed by atoms with Crippen molar-refractivity contribution in [3.05, 3.63) is 54.1 Å². The van der Waals surface area contributed by atoms with Crippen LogP contribution in [0.2, 0.25) is 0 Å². The molecular formula is C18H21FN2O3S. The lowest BCUT2D eigenvalue weighted by atomic mass is 9.93. The lowest BCUT2D eigenvalue weighted by Gasteiger charge is -2.21. The van der Waals surface area contributed by atoms with Gasteiger partial charge in [0.05, 0.1) is 30.7 Å². The number of pyridine rings is 1. The van der Waals surface area contributed by atoms with Crippen molar-refractivity contribution in [2.75, 3.05) is 13.2 Å². The number of ether oxygens (including phenoxy) is 1. The molecule has 1 aliphatic heterocycles. The Labute approximate surface area is 147 Å². The third-order valence-electron chi connectivity index (χ3n) is 4.39. The van der Waals surface area contributed by atoms with Crippen LogP contribution in [0.25, 0.3) is 11.1 Å². The second-order valence-electron chi connectivity index (χ2n) is 6.48. The van der Waals surface area contributed by atoms with Crippen LogP contribution in [0.3, 0.4) is 0 Å². The molecule has 3 rings (SSSR count). The summed E-state index contributed by atoms with van der Waals surface area (Å²) in [4.78, 5) is 3.86. The highest BCUT2D eigenvalue weighted by atomic mass is 32.2. The first kappa shape index (κ1) is 18.0. The van der Waals surface area contributed by atoms with Gasteiger partial charge in [-0.1, -0.05) is 24.3 Å². The lowest BCUT2D eigenvalue weighted by molar-refractivity contribution is 0.189. The van der Waals surface area contributed by atoms with Crippen LogP contribution in [-0.2, 0) is 14.8 Å². The van der Waals surface area contributed by atoms with Gasteiger partial charge < -0.3 is 4.74 Å². The number of nitrogens with zero attached hydrogens (tertiary/aromatic N) is 1. The summed E-state index contributed by atoms with van der Waals surface area (Å²) in [5.41, 5.74) is 2.54. The maximum absolute atomic E-state index is 13.3. The highest BCUT2D eigenvalue weighted by molar-refractivity contribution is 7.90. The van der Waals surface area contributed by atoms with E-state index in [4.69, 9.17) is 4.74 Å². The molecule has 0 bridgehead atoms. The summed E-state index contributed by atoms with van der Waals surface area (Å²) in [5, 5.41) is -0.489. The lowest BCUT2D eigenvalue weighted by Crippen LogP contribution is -2.42. The number of halogens is 1. The topological polar surface area (TPSA) is 68.3 Å². The molecule has 1 saturated heterocycles. The van der Waals surface area contributed by atoms with Crippen LogP contribution in [0.4, 0.5) is 4.39 Å². The Morgan fingerprint density at radius 1 is 1.16 bits per heavy atom. The molecule has 25 heavy (non-hydrogen) atoms. The molecule has 5 nitrogen and oxygen atoms in total. The van der Waals surface area contributed by atoms with Crippen molar-refractivity contribution in [1.29, 1.82) is 0 Å². The molecule has 1 fully saturated rings. The molecule has 2 aromatic rings. The first-order valence-corrected chi connectivity index (χ1v) is 9.71. The largest absolute Gasteiger partial charge is 0.379 e. The summed E-state index contributed by atoms with van der Waals surface area (Å²) >= 11 is 0. The van der Waals surface area contributed by atoms with Crippen molar-refractivity contribution in [1.82, 2.24) is 9.71 Å². The number of benzene rings is 1. The second kappa shape index (κ2) is 7.19. The van der Waals surface area contributed by atoms with Crippen molar-refractivity contribution in [2.45, 2.75) is 31.1 Å². The fourth-order valence-corrected chi connectivity index (χ4v) is 3.77. The molecule has 7 heteroatoms. The molecular weight excluding hydrogens is 343 g/mol. The molecule has 0 saturated carbocycles. The van der Waals surface area contributed by atoms with Crippen LogP contribution < -0.4 is 4.72 Å². The molecule has 2 heterocycles. The van der Waals surface area contributed by atoms with Gasteiger partial charge in [-0.2, -0.15) is 0 Å². The molecule has 0 spiro atoms. The predicted molar refractivity (Wildman–Crippen MR) is 94.2 cm³/mol. The Balaban J connectivity index is 1.79. The van der Waals surface area contributed by atoms with Crippen molar-refractivity contribution in [3.63, 3.8) is 0 Å². The number of rotatable bonds is 5. The molecule has 1 aromatic carbocycles. The molecule has 2 atom stereocenters. The van der Waals surface area contributed by atoms with Crippen LogP contribution in [0.1, 0.15) is 25.3 Å². The summed E-state index contributed by atoms with van der Waals surface area (Å²) in [5.74, 6) is -0.429. The maximum atomic E-state index is 13.3. The van der Waals surface area contributed by atoms with E-state index < -0.39 is 15.3 Å². The molecule has 1 N–H and O–H groups in total. The van der Waals surface area contributed by atoms with E-state index >= 15 is 0 Å². The Hall–Kier alpha value is -1.83. The standard InChI is InChI=1S/C18H21FN2O3S/c1-12(2)25(22,23)21-18-11-24-10-17(18)14-5-3-13(4-6-14)15-7-16(19)9-20-8-15/h3-9,12,17-18,21H,10-11H2,1-2H3. The van der Waals surface area contributed by atoms with Gasteiger partial charge in [-0.3, -0.25) is 4.98 Å². The number of nitrogens with one attached hydrogen (secondary N) is 1. The van der Waals surface area contributed by atoms with E-state index in [0.29, 0.717) is 18.8 Å². The number of hydrogen-bond donors (Lipinski definition) is 1. The molecule has 1 aromatic heterocycles. The van der Waals surface area contributed by atoms with Crippen LogP contribution in [0.5, 0.6) is 0 Å². The van der Waals surface area contributed by atoms with E-state index in [0.717, 1.165) is 11.1 Å². The fourth-order valence-electron chi connectivity index (χ4n) is 2.84. The summed E-state index contributed by atoms with van der Waals surface area (Å²) in [7, 11) is -3.36. The van der Waals surface area contributed by atoms with Gasteiger partial charge in [0, 0.05) is 17.7 Å². The molecule has 0 aliphatic carbocycles. The van der Waals surface area contributed by atoms with E-state index in [1.165, 1.54) is 12.3 Å². The van der Waals surface area contributed by atoms with Gasteiger partial charge in [0.2, 0.25) is 10.0 Å². The van der Waals surface area contributed by atoms with E-state index in [1.807, 2.05) is 24.3 Å². The normalized spacial score (nSPS) is 21.0. The quantitative estimate of drug-likeness (QED) is 0.886. The average Bonchev–Trinajstić information content (AvgIpc) is 3.02. The van der Waals surface area contributed by atoms with Crippen molar-refractivity contribution in [3.8, 4) is 11.1 Å². The number of sulfonamides is 1. The van der Waals surface area contributed by atoms with Crippen LogP contribution >= 0.6 is 0 Å². The summed E-state index contributed by atoms with van der Waals surface area (Å²) < 4.78 is 45.8. The van der Waals surface area contributed by atoms with Crippen LogP contribution in [0, 0.1) is 5.82 Å². The van der Waals surface area contributed by atoms with Gasteiger partial charge in [-0.15, -0.1) is 0 Å². The van der Waals surface area contributed by atoms with Gasteiger partial charge in [0.15, 0.2) is 0 Å². The zero-order chi connectivity index (χ0) is 18.0. The van der Waals surface area contributed by atoms with Crippen LogP contribution in [0.15, 0.2) is 42.7 Å². The maximum Gasteiger partial charge on any atom is 0.214 e. The first-order chi connectivity index (χ1) is 11.9. The van der Waals surface area contributed by atoms with E-state index in [2.05, 4.69) is 9.71 Å². The minimum absolute atomic E-state index is 0.0480. The summed E-state index contributed by atoms with van der Waals surface area (Å²) in [6.45, 7) is 4.11. The Morgan fingerprint density at radius 2 is 1.88 bits per heavy atom. The van der Waals surface area contributed by atoms with Crippen molar-refractivity contribution >= 4 is 10.0 Å². The van der Waals surface area contributed by atoms with Gasteiger partial charge in [0.25, 0.3) is 0 Å². The Morgan fingerprint density at radius 3 is 2.52 bits per heavy atom. The second-order valence-corrected chi connectivity index (χ2v) is 8.74. The van der Waals surface area contributed by atoms with E-state index in [-0.39, 0.29) is 17.8 Å². The fraction of sp³-hybridized carbons (Fsp3) is 0.389. The monoisotopic (exact) mass is 364 g/mol. The highest BCUT2D eigenvalue weighted by Gasteiger charge is 2.33. The first-order valence-electron chi connectivity index (χ1n) is 8.16. The molecule has 1 aliphatic rings. The zero-order valence-corrected chi connectivity index (χ0v) is 15.0.